The molecule has 7 rings (SSSR count). The molecule has 0 unspecified atom stereocenters. The first-order valence-electron chi connectivity index (χ1n) is 27.0. The molecule has 3 fully saturated rings. The second-order valence-corrected chi connectivity index (χ2v) is 21.6. The molecule has 4 N–H and O–H groups in total. The number of hydrogen-bond donors (Lipinski definition) is 4. The van der Waals surface area contributed by atoms with E-state index in [1.54, 1.807) is 19.6 Å². The van der Waals surface area contributed by atoms with E-state index in [1.165, 1.54) is 6.08 Å². The Kier molecular flexibility index (Phi) is 20.9. The number of aromatic nitrogens is 2. The van der Waals surface area contributed by atoms with Crippen molar-refractivity contribution in [1.29, 1.82) is 0 Å². The van der Waals surface area contributed by atoms with Gasteiger partial charge in [0.15, 0.2) is 0 Å². The second kappa shape index (κ2) is 27.4. The van der Waals surface area contributed by atoms with Crippen molar-refractivity contribution < 1.29 is 44.0 Å². The number of likely N-dealkylation sites (tertiary alicyclic amines) is 1. The van der Waals surface area contributed by atoms with Gasteiger partial charge in [-0.1, -0.05) is 42.4 Å². The number of anilines is 2. The summed E-state index contributed by atoms with van der Waals surface area (Å²) in [7, 11) is 0. The molecule has 4 aliphatic rings. The number of unbranched alkanes of at least 4 members (excludes halogenated alkanes) is 1. The van der Waals surface area contributed by atoms with Crippen molar-refractivity contribution in [2.45, 2.75) is 103 Å². The molecule has 1 aromatic heterocycles. The molecule has 0 spiro atoms. The molecule has 0 saturated carbocycles. The van der Waals surface area contributed by atoms with Crippen LogP contribution in [-0.4, -0.2) is 232 Å². The molecule has 21 nitrogen and oxygen atoms in total. The van der Waals surface area contributed by atoms with Crippen LogP contribution in [0.1, 0.15) is 64.6 Å². The third kappa shape index (κ3) is 15.5. The average molecular weight is 1090 g/mol. The van der Waals surface area contributed by atoms with Gasteiger partial charge in [0, 0.05) is 106 Å². The van der Waals surface area contributed by atoms with E-state index in [9.17, 15) is 39.3 Å². The van der Waals surface area contributed by atoms with Crippen LogP contribution in [0.2, 0.25) is 5.02 Å². The molecule has 5 heterocycles. The van der Waals surface area contributed by atoms with E-state index in [1.807, 2.05) is 50.8 Å². The van der Waals surface area contributed by atoms with Gasteiger partial charge in [-0.15, -0.1) is 0 Å². The molecule has 0 aliphatic carbocycles. The number of halogens is 1. The minimum atomic E-state index is -1.03. The fourth-order valence-corrected chi connectivity index (χ4v) is 11.9. The molecule has 77 heavy (non-hydrogen) atoms. The standard InChI is InChI=1S/C55H77ClN12O9/c1-7-49(70)68-24-23-63(30-43(68)25-57-6)54-44-18-22-62(47-17-11-14-41-13-10-16-45(56)53(41)47)31-46(44)59-55(60-54)77-36-42-15-12-21-61(42)20-9-8-19-58-48(69)32-64-26-38(3)66(34-51(73)74)28-40(5)67(35-52(75)76)29-39(4)65(27-37(64)2)33-50(71)72/h7,10-11,13-14,16-17,37-40,42-43H,1,8-9,12,15,18-36H2,2-5H3,(H,58,69)(H,71,72)(H,73,74)(H,75,76)/t37-,38-,39-,40-,42-,43-/m0/s1. The SMILES string of the molecule is [C-]#[N+]C[C@H]1CN(c2nc(OC[C@@H]3CCCN3CCCCNC(=O)CN3C[C@H](C)N(CC(=O)O)C[C@H](C)N(CC(=O)O)C[C@H](C)N(CC(=O)O)C[C@@H]3C)nc3c2CCN(c2cccc4cccc(Cl)c24)C3)CCN1C(=O)C=C. The topological polar surface area (TPSA) is 223 Å². The van der Waals surface area contributed by atoms with Crippen molar-refractivity contribution in [3.05, 3.63) is 76.8 Å². The summed E-state index contributed by atoms with van der Waals surface area (Å²) in [5.41, 5.74) is 2.92. The molecule has 22 heteroatoms. The van der Waals surface area contributed by atoms with Crippen LogP contribution in [-0.2, 0) is 36.9 Å². The normalized spacial score (nSPS) is 23.6. The quantitative estimate of drug-likeness (QED) is 0.0719. The number of aliphatic carboxylic acids is 3. The highest BCUT2D eigenvalue weighted by Gasteiger charge is 2.36. The van der Waals surface area contributed by atoms with E-state index in [2.05, 4.69) is 49.6 Å². The third-order valence-electron chi connectivity index (χ3n) is 15.7. The highest BCUT2D eigenvalue weighted by atomic mass is 35.5. The Morgan fingerprint density at radius 2 is 1.38 bits per heavy atom. The molecule has 2 amide bonds. The summed E-state index contributed by atoms with van der Waals surface area (Å²) in [6.07, 6.45) is 5.50. The maximum atomic E-state index is 13.7. The molecule has 4 aliphatic heterocycles. The number of carboxylic acid groups (broad SMARTS) is 3. The molecular formula is C55H77ClN12O9. The van der Waals surface area contributed by atoms with Gasteiger partial charge in [-0.2, -0.15) is 9.97 Å². The van der Waals surface area contributed by atoms with Gasteiger partial charge < -0.3 is 44.9 Å². The number of amides is 2. The highest BCUT2D eigenvalue weighted by molar-refractivity contribution is 6.36. The Labute approximate surface area is 457 Å². The summed E-state index contributed by atoms with van der Waals surface area (Å²) in [6.45, 7) is 24.6. The van der Waals surface area contributed by atoms with Gasteiger partial charge in [0.2, 0.25) is 18.4 Å². The first-order chi connectivity index (χ1) is 36.9. The van der Waals surface area contributed by atoms with Gasteiger partial charge >= 0.3 is 23.9 Å². The molecule has 6 atom stereocenters. The molecule has 3 saturated heterocycles. The molecular weight excluding hydrogens is 1010 g/mol. The van der Waals surface area contributed by atoms with Crippen LogP contribution in [0.15, 0.2) is 49.1 Å². The summed E-state index contributed by atoms with van der Waals surface area (Å²) >= 11 is 6.81. The Morgan fingerprint density at radius 1 is 0.766 bits per heavy atom. The number of benzene rings is 2. The lowest BCUT2D eigenvalue weighted by molar-refractivity contribution is -0.142. The van der Waals surface area contributed by atoms with Crippen LogP contribution in [0.4, 0.5) is 11.5 Å². The molecule has 0 radical (unpaired) electrons. The second-order valence-electron chi connectivity index (χ2n) is 21.2. The van der Waals surface area contributed by atoms with Crippen LogP contribution in [0.25, 0.3) is 15.6 Å². The first-order valence-corrected chi connectivity index (χ1v) is 27.4. The highest BCUT2D eigenvalue weighted by Crippen LogP contribution is 2.37. The lowest BCUT2D eigenvalue weighted by Gasteiger charge is -2.43. The zero-order chi connectivity index (χ0) is 55.3. The largest absolute Gasteiger partial charge is 0.480 e. The van der Waals surface area contributed by atoms with Crippen LogP contribution in [0.3, 0.4) is 0 Å². The van der Waals surface area contributed by atoms with Crippen LogP contribution in [0, 0.1) is 6.57 Å². The monoisotopic (exact) mass is 1080 g/mol. The van der Waals surface area contributed by atoms with Crippen molar-refractivity contribution in [2.75, 3.05) is 121 Å². The number of fused-ring (bicyclic) bond motifs is 2. The minimum absolute atomic E-state index is 0.0305. The van der Waals surface area contributed by atoms with E-state index < -0.39 is 17.9 Å². The van der Waals surface area contributed by atoms with Crippen molar-refractivity contribution >= 4 is 63.6 Å². The lowest BCUT2D eigenvalue weighted by atomic mass is 10.0. The Bertz CT molecular complexity index is 2600. The lowest BCUT2D eigenvalue weighted by Crippen LogP contribution is -2.58. The predicted molar refractivity (Wildman–Crippen MR) is 295 cm³/mol. The number of rotatable bonds is 20. The van der Waals surface area contributed by atoms with E-state index in [-0.39, 0.29) is 99.9 Å². The van der Waals surface area contributed by atoms with Gasteiger partial charge in [0.05, 0.1) is 43.4 Å². The fourth-order valence-electron chi connectivity index (χ4n) is 11.6. The van der Waals surface area contributed by atoms with Crippen molar-refractivity contribution in [2.24, 2.45) is 0 Å². The number of hydrogen-bond acceptors (Lipinski definition) is 15. The first kappa shape index (κ1) is 58.5. The number of nitrogens with zero attached hydrogens (tertiary/aromatic N) is 11. The molecule has 0 bridgehead atoms. The van der Waals surface area contributed by atoms with Crippen LogP contribution < -0.4 is 19.9 Å². The van der Waals surface area contributed by atoms with Gasteiger partial charge in [-0.3, -0.25) is 48.5 Å². The van der Waals surface area contributed by atoms with E-state index in [0.717, 1.165) is 72.3 Å². The van der Waals surface area contributed by atoms with Crippen molar-refractivity contribution in [3.63, 3.8) is 0 Å². The summed E-state index contributed by atoms with van der Waals surface area (Å²) in [4.78, 5) is 92.3. The number of nitrogens with one attached hydrogen (secondary N) is 1. The summed E-state index contributed by atoms with van der Waals surface area (Å²) in [5, 5.41) is 35.3. The van der Waals surface area contributed by atoms with Crippen molar-refractivity contribution in [3.8, 4) is 6.01 Å². The number of ether oxygens (including phenoxy) is 1. The smallest absolute Gasteiger partial charge is 0.318 e. The number of piperazine rings is 1. The number of carbonyl (C=O) groups excluding carboxylic acids is 2. The summed E-state index contributed by atoms with van der Waals surface area (Å²) < 4.78 is 6.57. The maximum absolute atomic E-state index is 13.7. The predicted octanol–water partition coefficient (Wildman–Crippen LogP) is 3.74. The van der Waals surface area contributed by atoms with Gasteiger partial charge in [-0.05, 0) is 96.5 Å². The summed E-state index contributed by atoms with van der Waals surface area (Å²) in [6, 6.07) is 10.9. The van der Waals surface area contributed by atoms with Crippen molar-refractivity contribution in [1.82, 2.24) is 44.7 Å². The maximum Gasteiger partial charge on any atom is 0.318 e. The average Bonchev–Trinajstić information content (AvgIpc) is 3.88. The van der Waals surface area contributed by atoms with Gasteiger partial charge in [0.25, 0.3) is 0 Å². The van der Waals surface area contributed by atoms with Gasteiger partial charge in [-0.25, -0.2) is 6.57 Å². The number of carboxylic acids is 3. The van der Waals surface area contributed by atoms with Crippen LogP contribution in [0.5, 0.6) is 6.01 Å². The van der Waals surface area contributed by atoms with Gasteiger partial charge in [0.1, 0.15) is 18.5 Å². The Balaban J connectivity index is 0.982. The fraction of sp³-hybridized carbons (Fsp3) is 0.600. The molecule has 2 aromatic carbocycles. The zero-order valence-electron chi connectivity index (χ0n) is 45.1. The third-order valence-corrected chi connectivity index (χ3v) is 16.0. The number of carbonyl (C=O) groups is 5. The van der Waals surface area contributed by atoms with E-state index >= 15 is 0 Å². The Hall–Kier alpha value is -6.15. The molecule has 418 valence electrons. The molecule has 3 aromatic rings. The zero-order valence-corrected chi connectivity index (χ0v) is 45.8. The summed E-state index contributed by atoms with van der Waals surface area (Å²) in [5.74, 6) is -2.66. The Morgan fingerprint density at radius 3 is 1.97 bits per heavy atom. The van der Waals surface area contributed by atoms with E-state index in [0.29, 0.717) is 70.4 Å². The van der Waals surface area contributed by atoms with Crippen LogP contribution >= 0.6 is 11.6 Å². The minimum Gasteiger partial charge on any atom is -0.480 e. The van der Waals surface area contributed by atoms with E-state index in [4.69, 9.17) is 32.9 Å².